The molecule has 4 aromatic rings. The number of anilines is 1. The van der Waals surface area contributed by atoms with Crippen molar-refractivity contribution in [3.05, 3.63) is 59.7 Å². The number of carboxylic acid groups (broad SMARTS) is 1. The van der Waals surface area contributed by atoms with Crippen LogP contribution in [0.1, 0.15) is 42.4 Å². The van der Waals surface area contributed by atoms with E-state index in [4.69, 9.17) is 14.9 Å². The van der Waals surface area contributed by atoms with Gasteiger partial charge in [0.25, 0.3) is 5.91 Å². The van der Waals surface area contributed by atoms with Crippen molar-refractivity contribution in [1.29, 1.82) is 0 Å². The second kappa shape index (κ2) is 12.4. The molecule has 15 heteroatoms. The van der Waals surface area contributed by atoms with Crippen LogP contribution in [0.3, 0.4) is 0 Å². The van der Waals surface area contributed by atoms with Crippen LogP contribution in [0.15, 0.2) is 42.9 Å². The number of fused-ring (bicyclic) bond motifs is 1. The number of likely N-dealkylation sites (N-methyl/N-ethyl adjacent to an activating group) is 1. The van der Waals surface area contributed by atoms with Gasteiger partial charge >= 0.3 is 12.1 Å². The van der Waals surface area contributed by atoms with Crippen LogP contribution in [0.5, 0.6) is 0 Å². The number of amides is 1. The van der Waals surface area contributed by atoms with Crippen molar-refractivity contribution in [2.24, 2.45) is 0 Å². The van der Waals surface area contributed by atoms with Crippen molar-refractivity contribution in [1.82, 2.24) is 39.8 Å². The van der Waals surface area contributed by atoms with Gasteiger partial charge < -0.3 is 20.2 Å². The monoisotopic (exact) mass is 601 g/mol. The van der Waals surface area contributed by atoms with Gasteiger partial charge in [-0.2, -0.15) is 28.2 Å². The van der Waals surface area contributed by atoms with Crippen molar-refractivity contribution >= 4 is 23.2 Å². The Morgan fingerprint density at radius 2 is 1.72 bits per heavy atom. The molecule has 0 spiro atoms. The van der Waals surface area contributed by atoms with E-state index in [0.29, 0.717) is 12.2 Å². The van der Waals surface area contributed by atoms with Crippen LogP contribution >= 0.6 is 0 Å². The number of alkyl halides is 3. The second-order valence-electron chi connectivity index (χ2n) is 11.2. The fraction of sp³-hybridized carbons (Fsp3) is 0.429. The van der Waals surface area contributed by atoms with Crippen molar-refractivity contribution in [2.75, 3.05) is 38.1 Å². The summed E-state index contributed by atoms with van der Waals surface area (Å²) in [4.78, 5) is 32.8. The quantitative estimate of drug-likeness (QED) is 0.353. The maximum atomic E-state index is 12.6. The minimum atomic E-state index is -5.08. The number of aromatic nitrogens is 6. The number of aliphatic carboxylic acids is 1. The summed E-state index contributed by atoms with van der Waals surface area (Å²) in [6.07, 6.45) is 0.240. The maximum absolute atomic E-state index is 12.6. The van der Waals surface area contributed by atoms with Crippen molar-refractivity contribution in [3.8, 4) is 11.3 Å². The van der Waals surface area contributed by atoms with E-state index in [-0.39, 0.29) is 11.4 Å². The first-order valence-corrected chi connectivity index (χ1v) is 13.5. The molecule has 1 aromatic carbocycles. The molecule has 0 saturated carbocycles. The number of carbonyl (C=O) groups excluding carboxylic acids is 1. The lowest BCUT2D eigenvalue weighted by molar-refractivity contribution is -0.192. The summed E-state index contributed by atoms with van der Waals surface area (Å²) in [5.74, 6) is -2.06. The maximum Gasteiger partial charge on any atom is 0.490 e. The molecule has 230 valence electrons. The third-order valence-corrected chi connectivity index (χ3v) is 6.83. The first-order chi connectivity index (χ1) is 20.1. The highest BCUT2D eigenvalue weighted by Gasteiger charge is 2.38. The largest absolute Gasteiger partial charge is 0.490 e. The molecule has 1 aliphatic heterocycles. The van der Waals surface area contributed by atoms with Gasteiger partial charge in [0, 0.05) is 38.3 Å². The number of piperazine rings is 1. The minimum Gasteiger partial charge on any atom is -0.475 e. The van der Waals surface area contributed by atoms with Gasteiger partial charge in [-0.25, -0.2) is 14.3 Å². The van der Waals surface area contributed by atoms with Gasteiger partial charge in [-0.15, -0.1) is 5.10 Å². The number of nitrogens with zero attached hydrogens (tertiary/aromatic N) is 8. The summed E-state index contributed by atoms with van der Waals surface area (Å²) in [5.41, 5.74) is 5.05. The summed E-state index contributed by atoms with van der Waals surface area (Å²) in [6.45, 7) is 12.4. The molecule has 1 amide bonds. The summed E-state index contributed by atoms with van der Waals surface area (Å²) >= 11 is 0. The second-order valence-corrected chi connectivity index (χ2v) is 11.2. The number of halogens is 3. The molecule has 4 heterocycles. The van der Waals surface area contributed by atoms with Gasteiger partial charge in [0.1, 0.15) is 5.82 Å². The van der Waals surface area contributed by atoms with Gasteiger partial charge in [-0.05, 0) is 58.0 Å². The molecule has 43 heavy (non-hydrogen) atoms. The van der Waals surface area contributed by atoms with E-state index in [0.717, 1.165) is 59.9 Å². The fourth-order valence-corrected chi connectivity index (χ4v) is 4.31. The molecular weight excluding hydrogens is 567 g/mol. The van der Waals surface area contributed by atoms with E-state index < -0.39 is 12.1 Å². The average Bonchev–Trinajstić information content (AvgIpc) is 3.62. The molecule has 0 bridgehead atoms. The molecule has 1 aliphatic rings. The summed E-state index contributed by atoms with van der Waals surface area (Å²) in [6, 6.07) is 8.23. The van der Waals surface area contributed by atoms with Crippen LogP contribution < -0.4 is 10.2 Å². The van der Waals surface area contributed by atoms with Gasteiger partial charge in [0.2, 0.25) is 0 Å². The smallest absolute Gasteiger partial charge is 0.475 e. The average molecular weight is 602 g/mol. The van der Waals surface area contributed by atoms with E-state index in [1.165, 1.54) is 6.20 Å². The lowest BCUT2D eigenvalue weighted by atomic mass is 10.0. The van der Waals surface area contributed by atoms with Crippen molar-refractivity contribution in [2.45, 2.75) is 46.0 Å². The van der Waals surface area contributed by atoms with Crippen LogP contribution in [-0.4, -0.2) is 90.9 Å². The molecule has 1 saturated heterocycles. The molecule has 0 unspecified atom stereocenters. The molecule has 3 aromatic heterocycles. The summed E-state index contributed by atoms with van der Waals surface area (Å²) in [5, 5.41) is 23.1. The molecule has 12 nitrogen and oxygen atoms in total. The number of hydrogen-bond acceptors (Lipinski definition) is 8. The van der Waals surface area contributed by atoms with Crippen LogP contribution in [0.4, 0.5) is 19.0 Å². The van der Waals surface area contributed by atoms with Gasteiger partial charge in [0.05, 0.1) is 35.3 Å². The molecule has 2 N–H and O–H groups in total. The number of carboxylic acids is 1. The van der Waals surface area contributed by atoms with E-state index in [1.807, 2.05) is 43.6 Å². The van der Waals surface area contributed by atoms with Crippen LogP contribution in [-0.2, 0) is 16.9 Å². The van der Waals surface area contributed by atoms with E-state index in [9.17, 15) is 18.0 Å². The zero-order chi connectivity index (χ0) is 31.5. The first kappa shape index (κ1) is 31.4. The zero-order valence-electron chi connectivity index (χ0n) is 24.6. The molecule has 5 rings (SSSR count). The number of rotatable bonds is 5. The Labute approximate surface area is 246 Å². The highest BCUT2D eigenvalue weighted by molar-refractivity contribution is 5.91. The Morgan fingerprint density at radius 3 is 2.30 bits per heavy atom. The Kier molecular flexibility index (Phi) is 9.04. The third kappa shape index (κ3) is 7.66. The Hall–Kier alpha value is -4.53. The number of carbonyl (C=O) groups is 2. The number of nitrogens with one attached hydrogen (secondary N) is 1. The van der Waals surface area contributed by atoms with Crippen LogP contribution in [0, 0.1) is 6.92 Å². The Balaban J connectivity index is 0.000000541. The lowest BCUT2D eigenvalue weighted by Crippen LogP contribution is -2.44. The van der Waals surface area contributed by atoms with Crippen LogP contribution in [0.2, 0.25) is 0 Å². The normalized spacial score (nSPS) is 14.4. The van der Waals surface area contributed by atoms with Gasteiger partial charge in [0.15, 0.2) is 5.69 Å². The predicted molar refractivity (Wildman–Crippen MR) is 153 cm³/mol. The Morgan fingerprint density at radius 1 is 1.05 bits per heavy atom. The number of hydrogen-bond donors (Lipinski definition) is 2. The predicted octanol–water partition coefficient (Wildman–Crippen LogP) is 3.37. The molecule has 0 atom stereocenters. The number of benzene rings is 1. The van der Waals surface area contributed by atoms with Gasteiger partial charge in [-0.3, -0.25) is 4.79 Å². The van der Waals surface area contributed by atoms with Crippen molar-refractivity contribution < 1.29 is 27.9 Å². The highest BCUT2D eigenvalue weighted by Crippen LogP contribution is 2.28. The van der Waals surface area contributed by atoms with E-state index in [2.05, 4.69) is 56.5 Å². The highest BCUT2D eigenvalue weighted by atomic mass is 19.4. The van der Waals surface area contributed by atoms with Crippen molar-refractivity contribution in [3.63, 3.8) is 0 Å². The lowest BCUT2D eigenvalue weighted by Gasteiger charge is -2.33. The zero-order valence-corrected chi connectivity index (χ0v) is 24.6. The molecular formula is C28H34F3N9O3. The summed E-state index contributed by atoms with van der Waals surface area (Å²) in [7, 11) is 2.15. The standard InChI is InChI=1S/C26H33N9O.C2HF3O2/c1-18-14-19(6-7-20(18)15-27-25(36)21-16-29-35(31-21)26(2,3)4)24-22-8-9-28-34(22)17-23(30-24)33-12-10-32(5)11-13-33;3-2(4,5)1(6)7/h6-9,14,16-17H,10-13,15H2,1-5H3,(H,27,36);(H,6,7). The molecule has 0 aliphatic carbocycles. The summed E-state index contributed by atoms with van der Waals surface area (Å²) < 4.78 is 33.6. The topological polar surface area (TPSA) is 134 Å². The minimum absolute atomic E-state index is 0.239. The van der Waals surface area contributed by atoms with Gasteiger partial charge in [-0.1, -0.05) is 12.1 Å². The first-order valence-electron chi connectivity index (χ1n) is 13.5. The molecule has 0 radical (unpaired) electrons. The number of aryl methyl sites for hydroxylation is 1. The molecule has 1 fully saturated rings. The third-order valence-electron chi connectivity index (χ3n) is 6.83. The van der Waals surface area contributed by atoms with E-state index in [1.54, 1.807) is 11.0 Å². The SMILES string of the molecule is Cc1cc(-c2nc(N3CCN(C)CC3)cn3nccc23)ccc1CNC(=O)c1cnn(C(C)(C)C)n1.O=C(O)C(F)(F)F. The van der Waals surface area contributed by atoms with Crippen LogP contribution in [0.25, 0.3) is 16.8 Å². The van der Waals surface area contributed by atoms with E-state index >= 15 is 0 Å². The fourth-order valence-electron chi connectivity index (χ4n) is 4.31. The Bertz CT molecular complexity index is 1600.